The first-order valence-corrected chi connectivity index (χ1v) is 12.6. The third-order valence-corrected chi connectivity index (χ3v) is 7.05. The minimum absolute atomic E-state index is 0.197. The van der Waals surface area contributed by atoms with Crippen molar-refractivity contribution in [3.8, 4) is 11.3 Å². The second-order valence-corrected chi connectivity index (χ2v) is 9.83. The molecule has 2 aromatic heterocycles. The molecule has 0 bridgehead atoms. The molecule has 5 rings (SSSR count). The van der Waals surface area contributed by atoms with Crippen LogP contribution < -0.4 is 10.5 Å². The van der Waals surface area contributed by atoms with Crippen molar-refractivity contribution in [3.05, 3.63) is 105 Å². The number of fused-ring (bicyclic) bond motifs is 1. The minimum Gasteiger partial charge on any atom is -0.272 e. The Morgan fingerprint density at radius 2 is 1.61 bits per heavy atom. The van der Waals surface area contributed by atoms with E-state index in [1.54, 1.807) is 11.0 Å². The highest BCUT2D eigenvalue weighted by Crippen LogP contribution is 2.34. The maximum atomic E-state index is 13.9. The molecule has 0 aliphatic heterocycles. The van der Waals surface area contributed by atoms with Gasteiger partial charge in [-0.05, 0) is 51.0 Å². The van der Waals surface area contributed by atoms with Crippen molar-refractivity contribution < 1.29 is 4.79 Å². The number of rotatable bonds is 5. The number of hydrogen-bond donors (Lipinski definition) is 0. The van der Waals surface area contributed by atoms with Crippen LogP contribution in [0.3, 0.4) is 0 Å². The molecule has 36 heavy (non-hydrogen) atoms. The molecule has 0 N–H and O–H groups in total. The first-order valence-electron chi connectivity index (χ1n) is 11.7. The van der Waals surface area contributed by atoms with Gasteiger partial charge in [-0.3, -0.25) is 14.5 Å². The van der Waals surface area contributed by atoms with Gasteiger partial charge in [0, 0.05) is 16.3 Å². The fourth-order valence-corrected chi connectivity index (χ4v) is 5.10. The number of nitrogens with zero attached hydrogens (tertiary/aromatic N) is 4. The minimum atomic E-state index is -0.287. The van der Waals surface area contributed by atoms with Crippen LogP contribution in [0.15, 0.2) is 76.9 Å². The lowest BCUT2D eigenvalue weighted by Gasteiger charge is -2.23. The van der Waals surface area contributed by atoms with Crippen LogP contribution in [0.2, 0.25) is 0 Å². The molecule has 0 saturated heterocycles. The number of hydrogen-bond acceptors (Lipinski definition) is 5. The first kappa shape index (κ1) is 23.6. The van der Waals surface area contributed by atoms with Gasteiger partial charge >= 0.3 is 0 Å². The highest BCUT2D eigenvalue weighted by Gasteiger charge is 2.25. The number of aromatic nitrogens is 3. The second kappa shape index (κ2) is 9.51. The molecule has 0 unspecified atom stereocenters. The number of carbonyl (C=O) groups excluding carboxylic acids is 1. The Morgan fingerprint density at radius 1 is 0.917 bits per heavy atom. The summed E-state index contributed by atoms with van der Waals surface area (Å²) in [6.07, 6.45) is 0. The van der Waals surface area contributed by atoms with Gasteiger partial charge in [0.2, 0.25) is 0 Å². The fraction of sp³-hybridized carbons (Fsp3) is 0.172. The maximum Gasteiger partial charge on any atom is 0.275 e. The molecule has 0 aliphatic carbocycles. The van der Waals surface area contributed by atoms with E-state index in [1.807, 2.05) is 93.7 Å². The van der Waals surface area contributed by atoms with Gasteiger partial charge in [-0.15, -0.1) is 11.3 Å². The Balaban J connectivity index is 1.58. The van der Waals surface area contributed by atoms with Crippen LogP contribution in [0.25, 0.3) is 22.0 Å². The molecule has 0 atom stereocenters. The summed E-state index contributed by atoms with van der Waals surface area (Å²) < 4.78 is 1.26. The second-order valence-electron chi connectivity index (χ2n) is 8.99. The third-order valence-electron chi connectivity index (χ3n) is 6.22. The Kier molecular flexibility index (Phi) is 6.24. The van der Waals surface area contributed by atoms with E-state index in [2.05, 4.69) is 5.10 Å². The van der Waals surface area contributed by atoms with E-state index < -0.39 is 0 Å². The lowest BCUT2D eigenvalue weighted by atomic mass is 10.1. The molecule has 1 amide bonds. The normalized spacial score (nSPS) is 11.1. The zero-order valence-corrected chi connectivity index (χ0v) is 21.5. The van der Waals surface area contributed by atoms with Gasteiger partial charge in [0.1, 0.15) is 6.54 Å². The number of carbonyl (C=O) groups is 1. The molecular formula is C29H26N4O2S. The van der Waals surface area contributed by atoms with Gasteiger partial charge in [0.25, 0.3) is 11.5 Å². The molecular weight excluding hydrogens is 468 g/mol. The van der Waals surface area contributed by atoms with Crippen LogP contribution in [-0.4, -0.2) is 20.7 Å². The van der Waals surface area contributed by atoms with Crippen molar-refractivity contribution >= 4 is 38.8 Å². The first-order chi connectivity index (χ1) is 17.3. The summed E-state index contributed by atoms with van der Waals surface area (Å²) >= 11 is 1.40. The van der Waals surface area contributed by atoms with E-state index in [9.17, 15) is 9.59 Å². The fourth-order valence-electron chi connectivity index (χ4n) is 4.24. The zero-order valence-electron chi connectivity index (χ0n) is 20.6. The van der Waals surface area contributed by atoms with Crippen molar-refractivity contribution in [1.29, 1.82) is 0 Å². The molecule has 3 aromatic carbocycles. The predicted octanol–water partition coefficient (Wildman–Crippen LogP) is 6.12. The molecule has 7 heteroatoms. The molecule has 0 saturated carbocycles. The largest absolute Gasteiger partial charge is 0.275 e. The monoisotopic (exact) mass is 494 g/mol. The molecule has 0 radical (unpaired) electrons. The van der Waals surface area contributed by atoms with Gasteiger partial charge in [-0.1, -0.05) is 60.2 Å². The average Bonchev–Trinajstić information content (AvgIpc) is 3.35. The quantitative estimate of drug-likeness (QED) is 0.295. The van der Waals surface area contributed by atoms with E-state index in [-0.39, 0.29) is 18.0 Å². The van der Waals surface area contributed by atoms with Crippen molar-refractivity contribution in [2.75, 3.05) is 4.90 Å². The van der Waals surface area contributed by atoms with Gasteiger partial charge in [0.15, 0.2) is 5.13 Å². The SMILES string of the molecule is Cc1ccc(-c2csc(N(C(=O)Cn3nc(C)c4ccccc4c3=O)c3cc(C)ccc3C)n2)cc1. The summed E-state index contributed by atoms with van der Waals surface area (Å²) in [6, 6.07) is 21.5. The number of amides is 1. The average molecular weight is 495 g/mol. The molecule has 6 nitrogen and oxygen atoms in total. The Hall–Kier alpha value is -4.10. The van der Waals surface area contributed by atoms with E-state index in [4.69, 9.17) is 4.98 Å². The van der Waals surface area contributed by atoms with Gasteiger partial charge in [-0.2, -0.15) is 5.10 Å². The molecule has 5 aromatic rings. The van der Waals surface area contributed by atoms with Crippen LogP contribution in [0, 0.1) is 27.7 Å². The van der Waals surface area contributed by atoms with Crippen molar-refractivity contribution in [2.45, 2.75) is 34.2 Å². The number of benzene rings is 3. The van der Waals surface area contributed by atoms with Gasteiger partial charge < -0.3 is 0 Å². The van der Waals surface area contributed by atoms with Crippen LogP contribution in [-0.2, 0) is 11.3 Å². The number of thiazole rings is 1. The van der Waals surface area contributed by atoms with E-state index in [0.29, 0.717) is 16.2 Å². The smallest absolute Gasteiger partial charge is 0.272 e. The Labute approximate surface area is 213 Å². The van der Waals surface area contributed by atoms with E-state index >= 15 is 0 Å². The summed E-state index contributed by atoms with van der Waals surface area (Å²) in [6.45, 7) is 7.65. The molecule has 0 aliphatic rings. The van der Waals surface area contributed by atoms with Crippen LogP contribution in [0.5, 0.6) is 0 Å². The maximum absolute atomic E-state index is 13.9. The number of anilines is 2. The summed E-state index contributed by atoms with van der Waals surface area (Å²) in [7, 11) is 0. The lowest BCUT2D eigenvalue weighted by molar-refractivity contribution is -0.118. The molecule has 0 fully saturated rings. The van der Waals surface area contributed by atoms with E-state index in [1.165, 1.54) is 21.6 Å². The third kappa shape index (κ3) is 4.45. The highest BCUT2D eigenvalue weighted by molar-refractivity contribution is 7.14. The van der Waals surface area contributed by atoms with Crippen molar-refractivity contribution in [1.82, 2.24) is 14.8 Å². The van der Waals surface area contributed by atoms with Gasteiger partial charge in [0.05, 0.1) is 22.5 Å². The summed E-state index contributed by atoms with van der Waals surface area (Å²) in [5.74, 6) is -0.280. The Bertz CT molecular complexity index is 1650. The molecule has 0 spiro atoms. The highest BCUT2D eigenvalue weighted by atomic mass is 32.1. The summed E-state index contributed by atoms with van der Waals surface area (Å²) in [5, 5.41) is 8.30. The van der Waals surface area contributed by atoms with Crippen LogP contribution in [0.4, 0.5) is 10.8 Å². The lowest BCUT2D eigenvalue weighted by Crippen LogP contribution is -2.35. The summed E-state index contributed by atoms with van der Waals surface area (Å²) in [4.78, 5) is 33.5. The number of aryl methyl sites for hydroxylation is 4. The molecule has 180 valence electrons. The van der Waals surface area contributed by atoms with Crippen LogP contribution in [0.1, 0.15) is 22.4 Å². The summed E-state index contributed by atoms with van der Waals surface area (Å²) in [5.41, 5.74) is 6.09. The Morgan fingerprint density at radius 3 is 2.36 bits per heavy atom. The standard InChI is InChI=1S/C29H26N4O2S/c1-18-10-13-22(14-11-18)25-17-36-29(30-25)33(26-15-19(2)9-12-20(26)3)27(34)16-32-28(35)24-8-6-5-7-23(24)21(4)31-32/h5-15,17H,16H2,1-4H3. The zero-order chi connectivity index (χ0) is 25.4. The predicted molar refractivity (Wildman–Crippen MR) is 146 cm³/mol. The van der Waals surface area contributed by atoms with Crippen molar-refractivity contribution in [3.63, 3.8) is 0 Å². The van der Waals surface area contributed by atoms with Crippen molar-refractivity contribution in [2.24, 2.45) is 0 Å². The van der Waals surface area contributed by atoms with Crippen LogP contribution >= 0.6 is 11.3 Å². The topological polar surface area (TPSA) is 68.1 Å². The van der Waals surface area contributed by atoms with Gasteiger partial charge in [-0.25, -0.2) is 9.67 Å². The molecule has 2 heterocycles. The van der Waals surface area contributed by atoms with E-state index in [0.717, 1.165) is 33.5 Å².